The summed E-state index contributed by atoms with van der Waals surface area (Å²) in [7, 11) is 3.55. The smallest absolute Gasteiger partial charge is 0.126 e. The second-order valence-corrected chi connectivity index (χ2v) is 9.18. The monoisotopic (exact) mass is 384 g/mol. The molecule has 0 aromatic heterocycles. The van der Waals surface area contributed by atoms with E-state index >= 15 is 0 Å². The summed E-state index contributed by atoms with van der Waals surface area (Å²) in [6.07, 6.45) is 9.77. The van der Waals surface area contributed by atoms with Crippen molar-refractivity contribution in [3.8, 4) is 11.5 Å². The van der Waals surface area contributed by atoms with E-state index in [1.807, 2.05) is 0 Å². The first kappa shape index (κ1) is 22.6. The second kappa shape index (κ2) is 9.67. The topological polar surface area (TPSA) is 18.5 Å². The van der Waals surface area contributed by atoms with Gasteiger partial charge in [0, 0.05) is 11.5 Å². The summed E-state index contributed by atoms with van der Waals surface area (Å²) >= 11 is 0. The Morgan fingerprint density at radius 2 is 1.71 bits per heavy atom. The van der Waals surface area contributed by atoms with Crippen molar-refractivity contribution in [2.24, 2.45) is 5.92 Å². The van der Waals surface area contributed by atoms with Crippen LogP contribution in [0.25, 0.3) is 0 Å². The Morgan fingerprint density at radius 1 is 1.11 bits per heavy atom. The van der Waals surface area contributed by atoms with E-state index in [0.717, 1.165) is 17.9 Å². The van der Waals surface area contributed by atoms with Gasteiger partial charge in [-0.2, -0.15) is 0 Å². The molecule has 0 amide bonds. The first-order chi connectivity index (χ1) is 13.2. The molecule has 0 unspecified atom stereocenters. The summed E-state index contributed by atoms with van der Waals surface area (Å²) < 4.78 is 11.8. The number of methoxy groups -OCH3 is 2. The molecule has 0 heterocycles. The number of allylic oxidation sites excluding steroid dienone is 3. The summed E-state index contributed by atoms with van der Waals surface area (Å²) in [6.45, 7) is 15.5. The highest BCUT2D eigenvalue weighted by Crippen LogP contribution is 2.49. The van der Waals surface area contributed by atoms with Crippen molar-refractivity contribution in [1.29, 1.82) is 0 Å². The highest BCUT2D eigenvalue weighted by molar-refractivity contribution is 5.55. The van der Waals surface area contributed by atoms with Gasteiger partial charge in [0.15, 0.2) is 0 Å². The van der Waals surface area contributed by atoms with Crippen molar-refractivity contribution in [2.75, 3.05) is 14.2 Å². The van der Waals surface area contributed by atoms with Crippen LogP contribution in [0.1, 0.15) is 90.2 Å². The van der Waals surface area contributed by atoms with Crippen LogP contribution < -0.4 is 9.47 Å². The number of hydrogen-bond acceptors (Lipinski definition) is 2. The molecule has 1 aliphatic carbocycles. The van der Waals surface area contributed by atoms with Gasteiger partial charge in [-0.1, -0.05) is 70.3 Å². The first-order valence-corrected chi connectivity index (χ1v) is 10.8. The molecule has 0 spiro atoms. The molecular formula is C26H40O2. The zero-order valence-corrected chi connectivity index (χ0v) is 19.2. The van der Waals surface area contributed by atoms with Gasteiger partial charge >= 0.3 is 0 Å². The predicted molar refractivity (Wildman–Crippen MR) is 121 cm³/mol. The van der Waals surface area contributed by atoms with Crippen LogP contribution in [0.3, 0.4) is 0 Å². The van der Waals surface area contributed by atoms with Crippen LogP contribution in [0, 0.1) is 5.92 Å². The van der Waals surface area contributed by atoms with E-state index in [9.17, 15) is 0 Å². The number of hydrogen-bond donors (Lipinski definition) is 0. The minimum Gasteiger partial charge on any atom is -0.496 e. The highest BCUT2D eigenvalue weighted by atomic mass is 16.5. The number of benzene rings is 1. The van der Waals surface area contributed by atoms with Gasteiger partial charge in [0.05, 0.1) is 14.2 Å². The molecular weight excluding hydrogens is 344 g/mol. The number of ether oxygens (including phenoxy) is 2. The summed E-state index contributed by atoms with van der Waals surface area (Å²) in [6, 6.07) is 4.49. The maximum Gasteiger partial charge on any atom is 0.126 e. The number of rotatable bonds is 10. The van der Waals surface area contributed by atoms with E-state index in [-0.39, 0.29) is 11.3 Å². The van der Waals surface area contributed by atoms with E-state index in [4.69, 9.17) is 9.47 Å². The molecule has 0 saturated carbocycles. The Labute approximate surface area is 173 Å². The standard InChI is InChI=1S/C26H40O2/c1-9-10-11-12-13-26(5,6)20-16-23(27-7)25(24(17-20)28-8)22-15-19(4)14-21(22)18(2)3/h15-17,21-22H,2,9-14H2,1,3-8H3/t21-,22+/m0/s1. The Kier molecular flexibility index (Phi) is 7.80. The lowest BCUT2D eigenvalue weighted by atomic mass is 9.77. The lowest BCUT2D eigenvalue weighted by molar-refractivity contribution is 0.370. The van der Waals surface area contributed by atoms with E-state index in [1.54, 1.807) is 14.2 Å². The Balaban J connectivity index is 2.43. The van der Waals surface area contributed by atoms with E-state index in [1.165, 1.54) is 54.4 Å². The molecule has 2 heteroatoms. The fourth-order valence-corrected chi connectivity index (χ4v) is 4.53. The van der Waals surface area contributed by atoms with Crippen LogP contribution in [-0.2, 0) is 5.41 Å². The van der Waals surface area contributed by atoms with E-state index in [0.29, 0.717) is 5.92 Å². The van der Waals surface area contributed by atoms with Gasteiger partial charge in [0.2, 0.25) is 0 Å². The van der Waals surface area contributed by atoms with Gasteiger partial charge in [-0.15, -0.1) is 0 Å². The molecule has 2 rings (SSSR count). The van der Waals surface area contributed by atoms with Crippen molar-refractivity contribution in [1.82, 2.24) is 0 Å². The second-order valence-electron chi connectivity index (χ2n) is 9.18. The third-order valence-electron chi connectivity index (χ3n) is 6.39. The number of unbranched alkanes of at least 4 members (excludes halogenated alkanes) is 3. The Hall–Kier alpha value is -1.70. The first-order valence-electron chi connectivity index (χ1n) is 10.8. The molecule has 0 saturated heterocycles. The van der Waals surface area contributed by atoms with Crippen molar-refractivity contribution in [3.05, 3.63) is 47.1 Å². The molecule has 28 heavy (non-hydrogen) atoms. The van der Waals surface area contributed by atoms with Crippen molar-refractivity contribution >= 4 is 0 Å². The average molecular weight is 385 g/mol. The fourth-order valence-electron chi connectivity index (χ4n) is 4.53. The molecule has 2 atom stereocenters. The maximum atomic E-state index is 5.90. The van der Waals surface area contributed by atoms with Crippen molar-refractivity contribution in [2.45, 2.75) is 84.5 Å². The third-order valence-corrected chi connectivity index (χ3v) is 6.39. The summed E-state index contributed by atoms with van der Waals surface area (Å²) in [4.78, 5) is 0. The van der Waals surface area contributed by atoms with Crippen LogP contribution in [0.5, 0.6) is 11.5 Å². The zero-order valence-electron chi connectivity index (χ0n) is 19.2. The predicted octanol–water partition coefficient (Wildman–Crippen LogP) is 7.58. The van der Waals surface area contributed by atoms with E-state index in [2.05, 4.69) is 59.4 Å². The molecule has 156 valence electrons. The molecule has 1 aliphatic rings. The van der Waals surface area contributed by atoms with Crippen LogP contribution in [0.4, 0.5) is 0 Å². The largest absolute Gasteiger partial charge is 0.496 e. The average Bonchev–Trinajstić information content (AvgIpc) is 3.05. The molecule has 0 bridgehead atoms. The van der Waals surface area contributed by atoms with Crippen molar-refractivity contribution in [3.63, 3.8) is 0 Å². The van der Waals surface area contributed by atoms with Gasteiger partial charge in [-0.3, -0.25) is 0 Å². The van der Waals surface area contributed by atoms with Gasteiger partial charge in [0.1, 0.15) is 11.5 Å². The summed E-state index contributed by atoms with van der Waals surface area (Å²) in [5.41, 5.74) is 5.21. The van der Waals surface area contributed by atoms with Gasteiger partial charge in [-0.25, -0.2) is 0 Å². The van der Waals surface area contributed by atoms with E-state index < -0.39 is 0 Å². The molecule has 0 fully saturated rings. The van der Waals surface area contributed by atoms with Crippen LogP contribution >= 0.6 is 0 Å². The molecule has 1 aromatic rings. The lowest BCUT2D eigenvalue weighted by Gasteiger charge is -2.29. The maximum absolute atomic E-state index is 5.90. The van der Waals surface area contributed by atoms with Crippen LogP contribution in [0.2, 0.25) is 0 Å². The molecule has 1 aromatic carbocycles. The summed E-state index contributed by atoms with van der Waals surface area (Å²) in [5.74, 6) is 2.57. The molecule has 2 nitrogen and oxygen atoms in total. The summed E-state index contributed by atoms with van der Waals surface area (Å²) in [5, 5.41) is 0. The minimum absolute atomic E-state index is 0.0992. The Bertz CT molecular complexity index is 686. The molecule has 0 aliphatic heterocycles. The molecule has 0 radical (unpaired) electrons. The fraction of sp³-hybridized carbons (Fsp3) is 0.615. The lowest BCUT2D eigenvalue weighted by Crippen LogP contribution is -2.18. The zero-order chi connectivity index (χ0) is 20.9. The molecule has 0 N–H and O–H groups in total. The minimum atomic E-state index is 0.0992. The van der Waals surface area contributed by atoms with Gasteiger partial charge in [-0.05, 0) is 55.7 Å². The van der Waals surface area contributed by atoms with Crippen LogP contribution in [0.15, 0.2) is 35.9 Å². The normalized spacial score (nSPS) is 19.5. The van der Waals surface area contributed by atoms with Gasteiger partial charge < -0.3 is 9.47 Å². The third kappa shape index (κ3) is 5.01. The highest BCUT2D eigenvalue weighted by Gasteiger charge is 2.33. The quantitative estimate of drug-likeness (QED) is 0.306. The van der Waals surface area contributed by atoms with Crippen LogP contribution in [-0.4, -0.2) is 14.2 Å². The van der Waals surface area contributed by atoms with Gasteiger partial charge in [0.25, 0.3) is 0 Å². The SMILES string of the molecule is C=C(C)[C@@H]1CC(C)=C[C@H]1c1c(OC)cc(C(C)(C)CCCCCC)cc1OC. The Morgan fingerprint density at radius 3 is 2.21 bits per heavy atom. The van der Waals surface area contributed by atoms with Crippen molar-refractivity contribution < 1.29 is 9.47 Å².